The van der Waals surface area contributed by atoms with Gasteiger partial charge in [0, 0.05) is 32.2 Å². The number of amides is 1. The molecular formula is C13H21NO4. The van der Waals surface area contributed by atoms with Crippen molar-refractivity contribution in [1.82, 2.24) is 4.90 Å². The van der Waals surface area contributed by atoms with Crippen LogP contribution in [0.5, 0.6) is 0 Å². The summed E-state index contributed by atoms with van der Waals surface area (Å²) in [5.74, 6) is -0.384. The fourth-order valence-electron chi connectivity index (χ4n) is 2.85. The number of carbonyl (C=O) groups is 2. The molecule has 2 aliphatic rings. The average molecular weight is 255 g/mol. The highest BCUT2D eigenvalue weighted by Crippen LogP contribution is 2.24. The van der Waals surface area contributed by atoms with Crippen molar-refractivity contribution in [2.45, 2.75) is 44.6 Å². The van der Waals surface area contributed by atoms with Crippen LogP contribution in [0.3, 0.4) is 0 Å². The fraction of sp³-hybridized carbons (Fsp3) is 0.846. The van der Waals surface area contributed by atoms with Gasteiger partial charge >= 0.3 is 5.97 Å². The molecule has 0 aromatic rings. The lowest BCUT2D eigenvalue weighted by molar-refractivity contribution is -0.142. The summed E-state index contributed by atoms with van der Waals surface area (Å²) >= 11 is 0. The Morgan fingerprint density at radius 3 is 2.72 bits per heavy atom. The van der Waals surface area contributed by atoms with Crippen LogP contribution in [0.15, 0.2) is 0 Å². The van der Waals surface area contributed by atoms with Crippen molar-refractivity contribution in [3.63, 3.8) is 0 Å². The summed E-state index contributed by atoms with van der Waals surface area (Å²) in [7, 11) is 0. The number of aliphatic carboxylic acids is 1. The minimum absolute atomic E-state index is 0.0763. The molecule has 5 nitrogen and oxygen atoms in total. The highest BCUT2D eigenvalue weighted by molar-refractivity contribution is 5.78. The third kappa shape index (κ3) is 3.45. The Bertz CT molecular complexity index is 312. The maximum atomic E-state index is 12.2. The topological polar surface area (TPSA) is 66.8 Å². The van der Waals surface area contributed by atoms with Gasteiger partial charge in [-0.15, -0.1) is 0 Å². The largest absolute Gasteiger partial charge is 0.481 e. The summed E-state index contributed by atoms with van der Waals surface area (Å²) in [6.07, 6.45) is 4.36. The smallest absolute Gasteiger partial charge is 0.305 e. The molecule has 0 aliphatic carbocycles. The predicted octanol–water partition coefficient (Wildman–Crippen LogP) is 1.27. The number of likely N-dealkylation sites (tertiary alicyclic amines) is 1. The molecule has 2 saturated heterocycles. The number of rotatable bonds is 4. The van der Waals surface area contributed by atoms with Gasteiger partial charge in [-0.1, -0.05) is 0 Å². The van der Waals surface area contributed by atoms with E-state index < -0.39 is 5.97 Å². The summed E-state index contributed by atoms with van der Waals surface area (Å²) in [5, 5.41) is 8.89. The first-order valence-electron chi connectivity index (χ1n) is 6.76. The van der Waals surface area contributed by atoms with E-state index >= 15 is 0 Å². The zero-order valence-electron chi connectivity index (χ0n) is 10.6. The Kier molecular flexibility index (Phi) is 4.58. The Hall–Kier alpha value is -1.10. The minimum atomic E-state index is -0.816. The van der Waals surface area contributed by atoms with E-state index in [1.807, 2.05) is 0 Å². The Morgan fingerprint density at radius 1 is 1.22 bits per heavy atom. The van der Waals surface area contributed by atoms with Crippen LogP contribution in [0.2, 0.25) is 0 Å². The molecule has 0 radical (unpaired) electrons. The van der Waals surface area contributed by atoms with Crippen LogP contribution >= 0.6 is 0 Å². The molecule has 2 unspecified atom stereocenters. The molecule has 0 spiro atoms. The number of ether oxygens (including phenoxy) is 1. The van der Waals surface area contributed by atoms with Crippen LogP contribution in [0.25, 0.3) is 0 Å². The number of carboxylic acids is 1. The van der Waals surface area contributed by atoms with Crippen LogP contribution in [0, 0.1) is 5.92 Å². The van der Waals surface area contributed by atoms with Crippen molar-refractivity contribution in [1.29, 1.82) is 0 Å². The summed E-state index contributed by atoms with van der Waals surface area (Å²) in [4.78, 5) is 24.8. The van der Waals surface area contributed by atoms with Gasteiger partial charge in [0.1, 0.15) is 0 Å². The number of carboxylic acid groups (broad SMARTS) is 1. The van der Waals surface area contributed by atoms with E-state index in [1.165, 1.54) is 0 Å². The number of carbonyl (C=O) groups excluding carboxylic acids is 1. The molecule has 102 valence electrons. The molecule has 2 fully saturated rings. The first-order valence-corrected chi connectivity index (χ1v) is 6.76. The van der Waals surface area contributed by atoms with Gasteiger partial charge in [0.15, 0.2) is 0 Å². The van der Waals surface area contributed by atoms with Crippen molar-refractivity contribution >= 4 is 11.9 Å². The van der Waals surface area contributed by atoms with E-state index in [2.05, 4.69) is 0 Å². The molecular weight excluding hydrogens is 234 g/mol. The molecule has 1 amide bonds. The SMILES string of the molecule is O=C(O)CC1CCCCN1C(=O)CC1CCOC1. The molecule has 2 heterocycles. The van der Waals surface area contributed by atoms with Crippen molar-refractivity contribution < 1.29 is 19.4 Å². The summed E-state index contributed by atoms with van der Waals surface area (Å²) in [6, 6.07) is -0.105. The van der Waals surface area contributed by atoms with Gasteiger partial charge in [-0.3, -0.25) is 9.59 Å². The normalized spacial score (nSPS) is 28.3. The molecule has 5 heteroatoms. The third-order valence-corrected chi connectivity index (χ3v) is 3.85. The quantitative estimate of drug-likeness (QED) is 0.821. The lowest BCUT2D eigenvalue weighted by Gasteiger charge is -2.35. The molecule has 1 N–H and O–H groups in total. The Morgan fingerprint density at radius 2 is 2.06 bits per heavy atom. The van der Waals surface area contributed by atoms with E-state index in [1.54, 1.807) is 4.90 Å². The summed E-state index contributed by atoms with van der Waals surface area (Å²) in [5.41, 5.74) is 0. The number of hydrogen-bond donors (Lipinski definition) is 1. The Labute approximate surface area is 107 Å². The van der Waals surface area contributed by atoms with E-state index in [-0.39, 0.29) is 18.4 Å². The van der Waals surface area contributed by atoms with Crippen LogP contribution in [-0.4, -0.2) is 47.7 Å². The zero-order valence-corrected chi connectivity index (χ0v) is 10.6. The second kappa shape index (κ2) is 6.18. The second-order valence-electron chi connectivity index (χ2n) is 5.27. The second-order valence-corrected chi connectivity index (χ2v) is 5.27. The highest BCUT2D eigenvalue weighted by atomic mass is 16.5. The molecule has 0 saturated carbocycles. The van der Waals surface area contributed by atoms with E-state index in [0.29, 0.717) is 25.5 Å². The maximum absolute atomic E-state index is 12.2. The third-order valence-electron chi connectivity index (χ3n) is 3.85. The monoisotopic (exact) mass is 255 g/mol. The van der Waals surface area contributed by atoms with Crippen molar-refractivity contribution in [3.8, 4) is 0 Å². The van der Waals surface area contributed by atoms with Gasteiger partial charge < -0.3 is 14.7 Å². The van der Waals surface area contributed by atoms with E-state index in [0.717, 1.165) is 32.3 Å². The molecule has 2 rings (SSSR count). The van der Waals surface area contributed by atoms with Crippen LogP contribution in [0.4, 0.5) is 0 Å². The lowest BCUT2D eigenvalue weighted by Crippen LogP contribution is -2.45. The number of hydrogen-bond acceptors (Lipinski definition) is 3. The maximum Gasteiger partial charge on any atom is 0.305 e. The number of nitrogens with zero attached hydrogens (tertiary/aromatic N) is 1. The first-order chi connectivity index (χ1) is 8.66. The van der Waals surface area contributed by atoms with Gasteiger partial charge in [-0.2, -0.15) is 0 Å². The summed E-state index contributed by atoms with van der Waals surface area (Å²) in [6.45, 7) is 2.13. The minimum Gasteiger partial charge on any atom is -0.481 e. The molecule has 18 heavy (non-hydrogen) atoms. The van der Waals surface area contributed by atoms with E-state index in [9.17, 15) is 9.59 Å². The van der Waals surface area contributed by atoms with Gasteiger partial charge in [-0.25, -0.2) is 0 Å². The molecule has 2 aliphatic heterocycles. The lowest BCUT2D eigenvalue weighted by atomic mass is 9.97. The van der Waals surface area contributed by atoms with Crippen molar-refractivity contribution in [2.75, 3.05) is 19.8 Å². The van der Waals surface area contributed by atoms with Gasteiger partial charge in [0.25, 0.3) is 0 Å². The Balaban J connectivity index is 1.90. The molecule has 0 aromatic carbocycles. The van der Waals surface area contributed by atoms with Crippen LogP contribution in [0.1, 0.15) is 38.5 Å². The summed E-state index contributed by atoms with van der Waals surface area (Å²) < 4.78 is 5.27. The molecule has 0 aromatic heterocycles. The predicted molar refractivity (Wildman–Crippen MR) is 65.1 cm³/mol. The first kappa shape index (κ1) is 13.3. The van der Waals surface area contributed by atoms with Gasteiger partial charge in [0.05, 0.1) is 6.42 Å². The molecule has 0 bridgehead atoms. The number of piperidine rings is 1. The van der Waals surface area contributed by atoms with E-state index in [4.69, 9.17) is 9.84 Å². The van der Waals surface area contributed by atoms with Gasteiger partial charge in [0.2, 0.25) is 5.91 Å². The molecule has 2 atom stereocenters. The van der Waals surface area contributed by atoms with Gasteiger partial charge in [-0.05, 0) is 31.6 Å². The van der Waals surface area contributed by atoms with Crippen LogP contribution < -0.4 is 0 Å². The zero-order chi connectivity index (χ0) is 13.0. The standard InChI is InChI=1S/C13H21NO4/c15-12(7-10-4-6-18-9-10)14-5-2-1-3-11(14)8-13(16)17/h10-11H,1-9H2,(H,16,17). The van der Waals surface area contributed by atoms with Crippen molar-refractivity contribution in [2.24, 2.45) is 5.92 Å². The fourth-order valence-corrected chi connectivity index (χ4v) is 2.85. The van der Waals surface area contributed by atoms with Crippen LogP contribution in [-0.2, 0) is 14.3 Å². The van der Waals surface area contributed by atoms with Crippen molar-refractivity contribution in [3.05, 3.63) is 0 Å². The highest BCUT2D eigenvalue weighted by Gasteiger charge is 2.30. The average Bonchev–Trinajstić information content (AvgIpc) is 2.81.